The van der Waals surface area contributed by atoms with Crippen LogP contribution in [-0.2, 0) is 4.74 Å². The highest BCUT2D eigenvalue weighted by atomic mass is 16.5. The summed E-state index contributed by atoms with van der Waals surface area (Å²) >= 11 is 0. The largest absolute Gasteiger partial charge is 0.377 e. The SMILES string of the molecule is CC1OCCC1N(C)C(C)CC#N. The fourth-order valence-corrected chi connectivity index (χ4v) is 1.86. The predicted molar refractivity (Wildman–Crippen MR) is 51.3 cm³/mol. The minimum atomic E-state index is 0.311. The number of nitriles is 1. The molecule has 1 rings (SSSR count). The smallest absolute Gasteiger partial charge is 0.0703 e. The van der Waals surface area contributed by atoms with Crippen molar-refractivity contribution in [2.75, 3.05) is 13.7 Å². The van der Waals surface area contributed by atoms with E-state index in [0.29, 0.717) is 24.6 Å². The summed E-state index contributed by atoms with van der Waals surface area (Å²) in [5, 5.41) is 8.59. The van der Waals surface area contributed by atoms with Gasteiger partial charge in [-0.15, -0.1) is 0 Å². The second-order valence-electron chi connectivity index (χ2n) is 3.81. The van der Waals surface area contributed by atoms with Crippen molar-refractivity contribution in [1.29, 1.82) is 5.26 Å². The zero-order valence-electron chi connectivity index (χ0n) is 8.66. The molecule has 1 fully saturated rings. The molecule has 1 saturated heterocycles. The van der Waals surface area contributed by atoms with Crippen LogP contribution in [0.3, 0.4) is 0 Å². The lowest BCUT2D eigenvalue weighted by Crippen LogP contribution is -2.42. The van der Waals surface area contributed by atoms with Crippen molar-refractivity contribution < 1.29 is 4.74 Å². The van der Waals surface area contributed by atoms with Crippen LogP contribution < -0.4 is 0 Å². The molecular formula is C10H18N2O. The Kier molecular flexibility index (Phi) is 3.71. The van der Waals surface area contributed by atoms with Gasteiger partial charge in [-0.25, -0.2) is 0 Å². The molecule has 3 heteroatoms. The first-order chi connectivity index (χ1) is 6.16. The highest BCUT2D eigenvalue weighted by molar-refractivity contribution is 4.86. The van der Waals surface area contributed by atoms with Crippen molar-refractivity contribution in [2.24, 2.45) is 0 Å². The van der Waals surface area contributed by atoms with Gasteiger partial charge in [-0.3, -0.25) is 4.90 Å². The number of likely N-dealkylation sites (N-methyl/N-ethyl adjacent to an activating group) is 1. The van der Waals surface area contributed by atoms with Gasteiger partial charge in [-0.2, -0.15) is 5.26 Å². The van der Waals surface area contributed by atoms with Crippen LogP contribution in [0.5, 0.6) is 0 Å². The Hall–Kier alpha value is -0.590. The maximum absolute atomic E-state index is 8.59. The molecule has 13 heavy (non-hydrogen) atoms. The van der Waals surface area contributed by atoms with Crippen LogP contribution >= 0.6 is 0 Å². The molecule has 0 aliphatic carbocycles. The summed E-state index contributed by atoms with van der Waals surface area (Å²) in [5.74, 6) is 0. The van der Waals surface area contributed by atoms with E-state index in [4.69, 9.17) is 10.00 Å². The fraction of sp³-hybridized carbons (Fsp3) is 0.900. The maximum atomic E-state index is 8.59. The Labute approximate surface area is 80.3 Å². The van der Waals surface area contributed by atoms with Crippen LogP contribution in [0.4, 0.5) is 0 Å². The van der Waals surface area contributed by atoms with Gasteiger partial charge in [0.25, 0.3) is 0 Å². The van der Waals surface area contributed by atoms with Crippen molar-refractivity contribution in [3.8, 4) is 6.07 Å². The van der Waals surface area contributed by atoms with Gasteiger partial charge < -0.3 is 4.74 Å². The molecule has 0 radical (unpaired) electrons. The zero-order chi connectivity index (χ0) is 9.84. The zero-order valence-corrected chi connectivity index (χ0v) is 8.66. The molecule has 3 nitrogen and oxygen atoms in total. The van der Waals surface area contributed by atoms with Gasteiger partial charge in [-0.05, 0) is 27.3 Å². The molecule has 0 aromatic heterocycles. The number of rotatable bonds is 3. The third-order valence-electron chi connectivity index (χ3n) is 2.94. The molecule has 0 saturated carbocycles. The van der Waals surface area contributed by atoms with Crippen molar-refractivity contribution in [3.63, 3.8) is 0 Å². The Morgan fingerprint density at radius 3 is 2.85 bits per heavy atom. The number of hydrogen-bond acceptors (Lipinski definition) is 3. The first kappa shape index (κ1) is 10.5. The molecule has 0 amide bonds. The quantitative estimate of drug-likeness (QED) is 0.662. The predicted octanol–water partition coefficient (Wildman–Crippen LogP) is 1.40. The summed E-state index contributed by atoms with van der Waals surface area (Å²) in [5.41, 5.74) is 0. The standard InChI is InChI=1S/C10H18N2O/c1-8(4-6-11)12(3)10-5-7-13-9(10)2/h8-10H,4-5,7H2,1-3H3. The van der Waals surface area contributed by atoms with Gasteiger partial charge in [0.05, 0.1) is 18.6 Å². The highest BCUT2D eigenvalue weighted by Gasteiger charge is 2.29. The summed E-state index contributed by atoms with van der Waals surface area (Å²) in [4.78, 5) is 2.26. The molecule has 0 aromatic rings. The molecule has 3 atom stereocenters. The Bertz CT molecular complexity index is 200. The van der Waals surface area contributed by atoms with Gasteiger partial charge in [0, 0.05) is 18.7 Å². The van der Waals surface area contributed by atoms with Gasteiger partial charge >= 0.3 is 0 Å². The molecule has 74 valence electrons. The lowest BCUT2D eigenvalue weighted by Gasteiger charge is -2.30. The van der Waals surface area contributed by atoms with E-state index in [1.165, 1.54) is 0 Å². The van der Waals surface area contributed by atoms with E-state index in [0.717, 1.165) is 13.0 Å². The molecule has 3 unspecified atom stereocenters. The number of hydrogen-bond donors (Lipinski definition) is 0. The Balaban J connectivity index is 2.46. The van der Waals surface area contributed by atoms with Crippen LogP contribution in [-0.4, -0.2) is 36.7 Å². The number of nitrogens with zero attached hydrogens (tertiary/aromatic N) is 2. The topological polar surface area (TPSA) is 36.3 Å². The van der Waals surface area contributed by atoms with E-state index >= 15 is 0 Å². The van der Waals surface area contributed by atoms with E-state index in [1.807, 2.05) is 0 Å². The van der Waals surface area contributed by atoms with E-state index in [2.05, 4.69) is 31.9 Å². The molecule has 0 spiro atoms. The Morgan fingerprint density at radius 1 is 1.69 bits per heavy atom. The first-order valence-electron chi connectivity index (χ1n) is 4.87. The van der Waals surface area contributed by atoms with Crippen molar-refractivity contribution in [1.82, 2.24) is 4.90 Å². The van der Waals surface area contributed by atoms with Gasteiger partial charge in [-0.1, -0.05) is 0 Å². The molecule has 1 aliphatic rings. The van der Waals surface area contributed by atoms with Crippen LogP contribution in [0.25, 0.3) is 0 Å². The summed E-state index contributed by atoms with van der Waals surface area (Å²) in [6.07, 6.45) is 2.00. The first-order valence-corrected chi connectivity index (χ1v) is 4.87. The second kappa shape index (κ2) is 4.59. The molecule has 1 heterocycles. The lowest BCUT2D eigenvalue weighted by atomic mass is 10.1. The van der Waals surface area contributed by atoms with Crippen molar-refractivity contribution in [3.05, 3.63) is 0 Å². The third kappa shape index (κ3) is 2.43. The second-order valence-corrected chi connectivity index (χ2v) is 3.81. The minimum absolute atomic E-state index is 0.311. The van der Waals surface area contributed by atoms with E-state index in [-0.39, 0.29) is 0 Å². The minimum Gasteiger partial charge on any atom is -0.377 e. The Morgan fingerprint density at radius 2 is 2.38 bits per heavy atom. The fourth-order valence-electron chi connectivity index (χ4n) is 1.86. The molecule has 0 bridgehead atoms. The molecule has 1 aliphatic heterocycles. The monoisotopic (exact) mass is 182 g/mol. The highest BCUT2D eigenvalue weighted by Crippen LogP contribution is 2.20. The van der Waals surface area contributed by atoms with Gasteiger partial charge in [0.15, 0.2) is 0 Å². The van der Waals surface area contributed by atoms with Gasteiger partial charge in [0.1, 0.15) is 0 Å². The van der Waals surface area contributed by atoms with E-state index in [1.54, 1.807) is 0 Å². The third-order valence-corrected chi connectivity index (χ3v) is 2.94. The summed E-state index contributed by atoms with van der Waals surface area (Å²) in [6, 6.07) is 3.03. The van der Waals surface area contributed by atoms with Crippen LogP contribution in [0.1, 0.15) is 26.7 Å². The van der Waals surface area contributed by atoms with Gasteiger partial charge in [0.2, 0.25) is 0 Å². The number of ether oxygens (including phenoxy) is 1. The molecule has 0 aromatic carbocycles. The summed E-state index contributed by atoms with van der Waals surface area (Å²) in [7, 11) is 2.08. The van der Waals surface area contributed by atoms with E-state index in [9.17, 15) is 0 Å². The molecular weight excluding hydrogens is 164 g/mol. The van der Waals surface area contributed by atoms with Crippen molar-refractivity contribution >= 4 is 0 Å². The van der Waals surface area contributed by atoms with Crippen LogP contribution in [0, 0.1) is 11.3 Å². The normalized spacial score (nSPS) is 30.4. The van der Waals surface area contributed by atoms with E-state index < -0.39 is 0 Å². The summed E-state index contributed by atoms with van der Waals surface area (Å²) < 4.78 is 5.49. The average Bonchev–Trinajstić information content (AvgIpc) is 2.50. The summed E-state index contributed by atoms with van der Waals surface area (Å²) in [6.45, 7) is 5.05. The average molecular weight is 182 g/mol. The van der Waals surface area contributed by atoms with Crippen LogP contribution in [0.2, 0.25) is 0 Å². The maximum Gasteiger partial charge on any atom is 0.0703 e. The van der Waals surface area contributed by atoms with Crippen LogP contribution in [0.15, 0.2) is 0 Å². The molecule has 0 N–H and O–H groups in total. The lowest BCUT2D eigenvalue weighted by molar-refractivity contribution is 0.0712. The van der Waals surface area contributed by atoms with Crippen molar-refractivity contribution in [2.45, 2.75) is 44.9 Å².